The van der Waals surface area contributed by atoms with E-state index in [9.17, 15) is 0 Å². The van der Waals surface area contributed by atoms with Gasteiger partial charge < -0.3 is 9.30 Å². The van der Waals surface area contributed by atoms with E-state index >= 15 is 0 Å². The Morgan fingerprint density at radius 3 is 3.00 bits per heavy atom. The average Bonchev–Trinajstić information content (AvgIpc) is 2.61. The molecule has 92 valence electrons. The summed E-state index contributed by atoms with van der Waals surface area (Å²) in [5.41, 5.74) is 3.57. The van der Waals surface area contributed by atoms with E-state index < -0.39 is 0 Å². The van der Waals surface area contributed by atoms with Crippen molar-refractivity contribution in [2.75, 3.05) is 20.4 Å². The van der Waals surface area contributed by atoms with Crippen molar-refractivity contribution >= 4 is 11.0 Å². The number of nitrogens with one attached hydrogen (secondary N) is 1. The molecule has 0 aliphatic heterocycles. The van der Waals surface area contributed by atoms with E-state index in [0.29, 0.717) is 6.73 Å². The van der Waals surface area contributed by atoms with Crippen molar-refractivity contribution in [3.8, 4) is 0 Å². The zero-order chi connectivity index (χ0) is 12.3. The molecule has 1 aromatic carbocycles. The van der Waals surface area contributed by atoms with Crippen molar-refractivity contribution in [3.63, 3.8) is 0 Å². The summed E-state index contributed by atoms with van der Waals surface area (Å²) in [4.78, 5) is 4.54. The van der Waals surface area contributed by atoms with Crippen LogP contribution in [0.3, 0.4) is 0 Å². The van der Waals surface area contributed by atoms with Crippen LogP contribution in [0.4, 0.5) is 0 Å². The first kappa shape index (κ1) is 12.1. The molecular weight excluding hydrogens is 214 g/mol. The van der Waals surface area contributed by atoms with E-state index in [-0.39, 0.29) is 0 Å². The average molecular weight is 233 g/mol. The Labute approximate surface area is 102 Å². The van der Waals surface area contributed by atoms with Gasteiger partial charge in [0.2, 0.25) is 0 Å². The molecule has 0 saturated carbocycles. The van der Waals surface area contributed by atoms with E-state index in [1.54, 1.807) is 7.11 Å². The first-order valence-corrected chi connectivity index (χ1v) is 5.84. The number of hydrogen-bond acceptors (Lipinski definition) is 3. The topological polar surface area (TPSA) is 39.1 Å². The summed E-state index contributed by atoms with van der Waals surface area (Å²) in [7, 11) is 3.74. The highest BCUT2D eigenvalue weighted by Crippen LogP contribution is 2.16. The van der Waals surface area contributed by atoms with Crippen molar-refractivity contribution in [3.05, 3.63) is 29.6 Å². The Morgan fingerprint density at radius 2 is 2.24 bits per heavy atom. The second kappa shape index (κ2) is 5.29. The minimum absolute atomic E-state index is 0.602. The fourth-order valence-electron chi connectivity index (χ4n) is 1.93. The van der Waals surface area contributed by atoms with E-state index in [1.165, 1.54) is 11.1 Å². The minimum Gasteiger partial charge on any atom is -0.370 e. The van der Waals surface area contributed by atoms with Gasteiger partial charge in [-0.25, -0.2) is 4.98 Å². The first-order chi connectivity index (χ1) is 8.22. The standard InChI is InChI=1S/C13H19N3O/c1-10-15-12-8-11(6-7-14-9-17-3)4-5-13(12)16(10)2/h4-5,8,14H,6-7,9H2,1-3H3. The van der Waals surface area contributed by atoms with Crippen LogP contribution in [0, 0.1) is 6.92 Å². The molecule has 0 spiro atoms. The van der Waals surface area contributed by atoms with Crippen LogP contribution >= 0.6 is 0 Å². The third-order valence-corrected chi connectivity index (χ3v) is 3.01. The van der Waals surface area contributed by atoms with Crippen LogP contribution in [0.15, 0.2) is 18.2 Å². The van der Waals surface area contributed by atoms with Crippen LogP contribution in [-0.2, 0) is 18.2 Å². The van der Waals surface area contributed by atoms with Crippen molar-refractivity contribution in [1.82, 2.24) is 14.9 Å². The molecule has 0 atom stereocenters. The molecule has 0 bridgehead atoms. The quantitative estimate of drug-likeness (QED) is 0.630. The molecule has 0 saturated heterocycles. The third kappa shape index (κ3) is 2.65. The molecule has 0 unspecified atom stereocenters. The smallest absolute Gasteiger partial charge is 0.106 e. The number of fused-ring (bicyclic) bond motifs is 1. The van der Waals surface area contributed by atoms with Crippen LogP contribution in [0.5, 0.6) is 0 Å². The molecule has 0 amide bonds. The van der Waals surface area contributed by atoms with Crippen molar-refractivity contribution in [2.24, 2.45) is 7.05 Å². The van der Waals surface area contributed by atoms with E-state index in [4.69, 9.17) is 4.74 Å². The normalized spacial score (nSPS) is 11.2. The van der Waals surface area contributed by atoms with E-state index in [1.807, 2.05) is 14.0 Å². The van der Waals surface area contributed by atoms with Gasteiger partial charge in [0.1, 0.15) is 5.82 Å². The van der Waals surface area contributed by atoms with Crippen molar-refractivity contribution < 1.29 is 4.74 Å². The fourth-order valence-corrected chi connectivity index (χ4v) is 1.93. The lowest BCUT2D eigenvalue weighted by Gasteiger charge is -2.04. The molecule has 0 radical (unpaired) electrons. The molecule has 0 fully saturated rings. The molecule has 1 heterocycles. The Bertz CT molecular complexity index is 505. The van der Waals surface area contributed by atoms with Crippen LogP contribution in [0.25, 0.3) is 11.0 Å². The summed E-state index contributed by atoms with van der Waals surface area (Å²) in [6.07, 6.45) is 0.995. The molecule has 2 aromatic rings. The molecule has 4 heteroatoms. The highest BCUT2D eigenvalue weighted by Gasteiger charge is 2.04. The molecule has 2 rings (SSSR count). The Morgan fingerprint density at radius 1 is 1.41 bits per heavy atom. The SMILES string of the molecule is COCNCCc1ccc2c(c1)nc(C)n2C. The van der Waals surface area contributed by atoms with Gasteiger partial charge in [0.15, 0.2) is 0 Å². The number of rotatable bonds is 5. The number of imidazole rings is 1. The van der Waals surface area contributed by atoms with Gasteiger partial charge in [-0.15, -0.1) is 0 Å². The van der Waals surface area contributed by atoms with E-state index in [2.05, 4.69) is 33.1 Å². The van der Waals surface area contributed by atoms with Gasteiger partial charge in [-0.3, -0.25) is 5.32 Å². The van der Waals surface area contributed by atoms with Gasteiger partial charge >= 0.3 is 0 Å². The predicted octanol–water partition coefficient (Wildman–Crippen LogP) is 1.62. The number of methoxy groups -OCH3 is 1. The zero-order valence-corrected chi connectivity index (χ0v) is 10.7. The minimum atomic E-state index is 0.602. The second-order valence-corrected chi connectivity index (χ2v) is 4.22. The maximum Gasteiger partial charge on any atom is 0.106 e. The highest BCUT2D eigenvalue weighted by molar-refractivity contribution is 5.76. The number of aromatic nitrogens is 2. The molecule has 17 heavy (non-hydrogen) atoms. The fraction of sp³-hybridized carbons (Fsp3) is 0.462. The number of nitrogens with zero attached hydrogens (tertiary/aromatic N) is 2. The molecule has 4 nitrogen and oxygen atoms in total. The summed E-state index contributed by atoms with van der Waals surface area (Å²) in [5.74, 6) is 1.05. The summed E-state index contributed by atoms with van der Waals surface area (Å²) in [6.45, 7) is 3.55. The van der Waals surface area contributed by atoms with Gasteiger partial charge in [-0.1, -0.05) is 6.07 Å². The van der Waals surface area contributed by atoms with Gasteiger partial charge in [-0.05, 0) is 31.0 Å². The summed E-state index contributed by atoms with van der Waals surface area (Å²) < 4.78 is 7.06. The molecular formula is C13H19N3O. The maximum atomic E-state index is 4.94. The zero-order valence-electron chi connectivity index (χ0n) is 10.7. The van der Waals surface area contributed by atoms with Crippen LogP contribution in [-0.4, -0.2) is 29.9 Å². The Hall–Kier alpha value is -1.39. The monoisotopic (exact) mass is 233 g/mol. The number of benzene rings is 1. The number of hydrogen-bond donors (Lipinski definition) is 1. The molecule has 0 aliphatic rings. The summed E-state index contributed by atoms with van der Waals surface area (Å²) in [5, 5.41) is 3.20. The Balaban J connectivity index is 2.09. The number of ether oxygens (including phenoxy) is 1. The highest BCUT2D eigenvalue weighted by atomic mass is 16.5. The van der Waals surface area contributed by atoms with Crippen LogP contribution < -0.4 is 5.32 Å². The van der Waals surface area contributed by atoms with Crippen LogP contribution in [0.1, 0.15) is 11.4 Å². The Kier molecular flexibility index (Phi) is 3.76. The number of aryl methyl sites for hydroxylation is 2. The van der Waals surface area contributed by atoms with Gasteiger partial charge in [0, 0.05) is 20.7 Å². The van der Waals surface area contributed by atoms with E-state index in [0.717, 1.165) is 24.3 Å². The molecule has 1 N–H and O–H groups in total. The van der Waals surface area contributed by atoms with Gasteiger partial charge in [0.25, 0.3) is 0 Å². The lowest BCUT2D eigenvalue weighted by atomic mass is 10.1. The van der Waals surface area contributed by atoms with Gasteiger partial charge in [0.05, 0.1) is 17.8 Å². The maximum absolute atomic E-state index is 4.94. The van der Waals surface area contributed by atoms with Crippen molar-refractivity contribution in [2.45, 2.75) is 13.3 Å². The second-order valence-electron chi connectivity index (χ2n) is 4.22. The first-order valence-electron chi connectivity index (χ1n) is 5.84. The lowest BCUT2D eigenvalue weighted by Crippen LogP contribution is -2.19. The van der Waals surface area contributed by atoms with Crippen molar-refractivity contribution in [1.29, 1.82) is 0 Å². The molecule has 0 aliphatic carbocycles. The lowest BCUT2D eigenvalue weighted by molar-refractivity contribution is 0.176. The predicted molar refractivity (Wildman–Crippen MR) is 69.0 cm³/mol. The summed E-state index contributed by atoms with van der Waals surface area (Å²) in [6, 6.07) is 6.47. The van der Waals surface area contributed by atoms with Gasteiger partial charge in [-0.2, -0.15) is 0 Å². The largest absolute Gasteiger partial charge is 0.370 e. The third-order valence-electron chi connectivity index (χ3n) is 3.01. The molecule has 1 aromatic heterocycles. The van der Waals surface area contributed by atoms with Crippen LogP contribution in [0.2, 0.25) is 0 Å². The summed E-state index contributed by atoms with van der Waals surface area (Å²) >= 11 is 0.